The van der Waals surface area contributed by atoms with E-state index >= 15 is 0 Å². The van der Waals surface area contributed by atoms with Crippen molar-refractivity contribution in [3.8, 4) is 10.4 Å². The summed E-state index contributed by atoms with van der Waals surface area (Å²) in [5.74, 6) is 1.44. The molecule has 4 N–H and O–H groups in total. The number of ketones is 1. The van der Waals surface area contributed by atoms with Gasteiger partial charge in [0, 0.05) is 47.4 Å². The Labute approximate surface area is 189 Å². The number of nitrogens with zero attached hydrogens (tertiary/aromatic N) is 2. The minimum Gasteiger partial charge on any atom is -0.341 e. The molecule has 0 saturated carbocycles. The van der Waals surface area contributed by atoms with E-state index in [2.05, 4.69) is 44.3 Å². The fraction of sp³-hybridized carbons (Fsp3) is 0.292. The summed E-state index contributed by atoms with van der Waals surface area (Å²) < 4.78 is 0. The molecule has 32 heavy (non-hydrogen) atoms. The van der Waals surface area contributed by atoms with Crippen LogP contribution >= 0.6 is 11.3 Å². The first-order valence-electron chi connectivity index (χ1n) is 10.9. The number of fused-ring (bicyclic) bond motifs is 2. The smallest absolute Gasteiger partial charge is 0.169 e. The fourth-order valence-electron chi connectivity index (χ4n) is 4.95. The summed E-state index contributed by atoms with van der Waals surface area (Å²) in [6, 6.07) is 15.0. The highest BCUT2D eigenvalue weighted by molar-refractivity contribution is 7.17. The number of carbonyl (C=O) groups excluding carboxylic acids is 1. The number of piperidine rings is 1. The lowest BCUT2D eigenvalue weighted by Gasteiger charge is -2.33. The number of thiophene rings is 1. The van der Waals surface area contributed by atoms with Crippen LogP contribution in [0.2, 0.25) is 0 Å². The van der Waals surface area contributed by atoms with Gasteiger partial charge in [-0.15, -0.1) is 11.3 Å². The Balaban J connectivity index is 1.33. The number of aromatic amines is 1. The van der Waals surface area contributed by atoms with E-state index in [4.69, 9.17) is 4.98 Å². The molecule has 0 aliphatic carbocycles. The number of nitrogens with one attached hydrogen (secondary N) is 4. The maximum atomic E-state index is 11.8. The average molecular weight is 445 g/mol. The van der Waals surface area contributed by atoms with Crippen molar-refractivity contribution in [3.63, 3.8) is 0 Å². The molecule has 2 fully saturated rings. The van der Waals surface area contributed by atoms with Crippen molar-refractivity contribution >= 4 is 28.2 Å². The molecule has 0 spiro atoms. The Hall–Kier alpha value is -2.91. The molecule has 4 atom stereocenters. The zero-order valence-corrected chi connectivity index (χ0v) is 18.4. The third-order valence-electron chi connectivity index (χ3n) is 6.59. The molecule has 8 heteroatoms. The van der Waals surface area contributed by atoms with E-state index in [-0.39, 0.29) is 17.9 Å². The molecule has 0 bridgehead atoms. The van der Waals surface area contributed by atoms with Crippen molar-refractivity contribution in [2.24, 2.45) is 5.92 Å². The number of benzene rings is 1. The van der Waals surface area contributed by atoms with Gasteiger partial charge in [-0.3, -0.25) is 15.2 Å². The van der Waals surface area contributed by atoms with Crippen LogP contribution in [-0.4, -0.2) is 33.3 Å². The van der Waals surface area contributed by atoms with Crippen molar-refractivity contribution in [2.45, 2.75) is 31.5 Å². The van der Waals surface area contributed by atoms with E-state index in [1.807, 2.05) is 36.7 Å². The fourth-order valence-corrected chi connectivity index (χ4v) is 5.87. The van der Waals surface area contributed by atoms with Crippen LogP contribution < -0.4 is 16.2 Å². The molecule has 4 unspecified atom stereocenters. The van der Waals surface area contributed by atoms with Gasteiger partial charge in [-0.25, -0.2) is 10.4 Å². The van der Waals surface area contributed by atoms with Gasteiger partial charge in [0.2, 0.25) is 0 Å². The van der Waals surface area contributed by atoms with Gasteiger partial charge in [-0.05, 0) is 43.2 Å². The van der Waals surface area contributed by atoms with Crippen molar-refractivity contribution in [2.75, 3.05) is 6.54 Å². The number of rotatable bonds is 4. The summed E-state index contributed by atoms with van der Waals surface area (Å²) in [6.07, 6.45) is 4.76. The highest BCUT2D eigenvalue weighted by Gasteiger charge is 2.42. The first kappa shape index (κ1) is 19.8. The number of carbonyl (C=O) groups is 1. The van der Waals surface area contributed by atoms with E-state index in [0.29, 0.717) is 12.0 Å². The van der Waals surface area contributed by atoms with Gasteiger partial charge < -0.3 is 10.3 Å². The van der Waals surface area contributed by atoms with Crippen LogP contribution in [0.25, 0.3) is 21.5 Å². The van der Waals surface area contributed by atoms with E-state index in [1.54, 1.807) is 6.92 Å². The maximum Gasteiger partial charge on any atom is 0.169 e. The van der Waals surface area contributed by atoms with Crippen LogP contribution in [0.4, 0.5) is 0 Å². The van der Waals surface area contributed by atoms with E-state index in [0.717, 1.165) is 45.1 Å². The summed E-state index contributed by atoms with van der Waals surface area (Å²) in [5.41, 5.74) is 11.2. The van der Waals surface area contributed by atoms with Crippen molar-refractivity contribution in [1.82, 2.24) is 31.1 Å². The average Bonchev–Trinajstić information content (AvgIpc) is 3.56. The van der Waals surface area contributed by atoms with Crippen LogP contribution in [-0.2, 0) is 0 Å². The van der Waals surface area contributed by atoms with Gasteiger partial charge in [0.1, 0.15) is 5.82 Å². The molecule has 0 amide bonds. The van der Waals surface area contributed by atoms with E-state index < -0.39 is 0 Å². The standard InChI is InChI=1S/C24H24N6OS/c1-13(31)20-7-8-21(32-20)15-5-2-6-17-22(15)28-24(27-17)23-16-10-18(14-4-3-9-25-11-14)26-12-19(16)29-30-23/h2-9,11,16,18-19,23,26,29-30H,10,12H2,1H3,(H,27,28). The van der Waals surface area contributed by atoms with E-state index in [9.17, 15) is 4.79 Å². The van der Waals surface area contributed by atoms with Crippen molar-refractivity contribution in [1.29, 1.82) is 0 Å². The van der Waals surface area contributed by atoms with Gasteiger partial charge in [-0.1, -0.05) is 18.2 Å². The Morgan fingerprint density at radius 3 is 2.88 bits per heavy atom. The van der Waals surface area contributed by atoms with Gasteiger partial charge in [0.15, 0.2) is 5.78 Å². The monoisotopic (exact) mass is 444 g/mol. The molecule has 2 saturated heterocycles. The topological polar surface area (TPSA) is 94.7 Å². The zero-order chi connectivity index (χ0) is 21.7. The molecule has 162 valence electrons. The summed E-state index contributed by atoms with van der Waals surface area (Å²) in [7, 11) is 0. The minimum atomic E-state index is 0.0949. The molecule has 7 nitrogen and oxygen atoms in total. The second-order valence-corrected chi connectivity index (χ2v) is 9.65. The molecule has 1 aromatic carbocycles. The lowest BCUT2D eigenvalue weighted by molar-refractivity contribution is 0.102. The molecule has 0 radical (unpaired) electrons. The summed E-state index contributed by atoms with van der Waals surface area (Å²) in [5, 5.41) is 3.65. The lowest BCUT2D eigenvalue weighted by Crippen LogP contribution is -2.46. The van der Waals surface area contributed by atoms with Gasteiger partial charge in [-0.2, -0.15) is 0 Å². The molecule has 3 aromatic heterocycles. The third kappa shape index (κ3) is 3.36. The van der Waals surface area contributed by atoms with Crippen LogP contribution in [0.15, 0.2) is 54.9 Å². The molecule has 2 aliphatic heterocycles. The first-order chi connectivity index (χ1) is 15.7. The molecule has 2 aliphatic rings. The van der Waals surface area contributed by atoms with Crippen LogP contribution in [0.3, 0.4) is 0 Å². The number of aromatic nitrogens is 3. The Kier molecular flexibility index (Phi) is 4.87. The molecule has 5 heterocycles. The van der Waals surface area contributed by atoms with Crippen LogP contribution in [0.1, 0.15) is 46.5 Å². The molecular weight excluding hydrogens is 420 g/mol. The van der Waals surface area contributed by atoms with Crippen molar-refractivity contribution < 1.29 is 4.79 Å². The molecule has 4 aromatic rings. The van der Waals surface area contributed by atoms with Gasteiger partial charge >= 0.3 is 0 Å². The molecular formula is C24H24N6OS. The number of pyridine rings is 1. The highest BCUT2D eigenvalue weighted by Crippen LogP contribution is 2.39. The van der Waals surface area contributed by atoms with Gasteiger partial charge in [0.05, 0.1) is 22.0 Å². The highest BCUT2D eigenvalue weighted by atomic mass is 32.1. The largest absolute Gasteiger partial charge is 0.341 e. The van der Waals surface area contributed by atoms with Gasteiger partial charge in [0.25, 0.3) is 0 Å². The number of hydrogen-bond donors (Lipinski definition) is 4. The quantitative estimate of drug-likeness (QED) is 0.358. The SMILES string of the molecule is CC(=O)c1ccc(-c2cccc3[nH]c(C4NNC5CNC(c6cccnc6)CC54)nc23)s1. The van der Waals surface area contributed by atoms with E-state index in [1.165, 1.54) is 16.9 Å². The Morgan fingerprint density at radius 2 is 2.06 bits per heavy atom. The summed E-state index contributed by atoms with van der Waals surface area (Å²) in [4.78, 5) is 26.5. The second kappa shape index (κ2) is 7.90. The number of Topliss-reactive ketones (excluding diaryl/α,β-unsaturated/α-hetero) is 1. The maximum absolute atomic E-state index is 11.8. The van der Waals surface area contributed by atoms with Crippen LogP contribution in [0, 0.1) is 5.92 Å². The van der Waals surface area contributed by atoms with Crippen LogP contribution in [0.5, 0.6) is 0 Å². The number of imidazole rings is 1. The number of para-hydroxylation sites is 1. The summed E-state index contributed by atoms with van der Waals surface area (Å²) in [6.45, 7) is 2.50. The third-order valence-corrected chi connectivity index (χ3v) is 7.81. The zero-order valence-electron chi connectivity index (χ0n) is 17.6. The Bertz CT molecular complexity index is 1280. The Morgan fingerprint density at radius 1 is 1.12 bits per heavy atom. The predicted molar refractivity (Wildman–Crippen MR) is 125 cm³/mol. The molecule has 6 rings (SSSR count). The summed E-state index contributed by atoms with van der Waals surface area (Å²) >= 11 is 1.52. The number of hydrogen-bond acceptors (Lipinski definition) is 7. The predicted octanol–water partition coefficient (Wildman–Crippen LogP) is 3.76. The lowest BCUT2D eigenvalue weighted by atomic mass is 9.82. The number of H-pyrrole nitrogens is 1. The van der Waals surface area contributed by atoms with Crippen molar-refractivity contribution in [3.05, 3.63) is 71.1 Å². The minimum absolute atomic E-state index is 0.0949. The first-order valence-corrected chi connectivity index (χ1v) is 11.7. The second-order valence-electron chi connectivity index (χ2n) is 8.56. The number of hydrazine groups is 1. The normalized spacial score (nSPS) is 25.2.